The zero-order valence-corrected chi connectivity index (χ0v) is 10.7. The molecule has 0 aliphatic heterocycles. The molecular weight excluding hydrogens is 228 g/mol. The summed E-state index contributed by atoms with van der Waals surface area (Å²) in [5.41, 5.74) is 1.54. The number of fused-ring (bicyclic) bond motifs is 1. The number of hydrogen-bond donors (Lipinski definition) is 2. The van der Waals surface area contributed by atoms with Gasteiger partial charge in [0.2, 0.25) is 0 Å². The third-order valence-corrected chi connectivity index (χ3v) is 3.05. The van der Waals surface area contributed by atoms with Gasteiger partial charge in [0.15, 0.2) is 0 Å². The number of aromatic nitrogens is 1. The molecule has 0 aliphatic rings. The predicted octanol–water partition coefficient (Wildman–Crippen LogP) is 2.01. The molecule has 2 aromatic rings. The first kappa shape index (κ1) is 12.6. The lowest BCUT2D eigenvalue weighted by atomic mass is 10.1. The smallest absolute Gasteiger partial charge is 0.255 e. The average Bonchev–Trinajstić information content (AvgIpc) is 2.82. The van der Waals surface area contributed by atoms with Crippen LogP contribution in [-0.4, -0.2) is 40.6 Å². The zero-order valence-electron chi connectivity index (χ0n) is 10.7. The second-order valence-corrected chi connectivity index (χ2v) is 4.61. The van der Waals surface area contributed by atoms with E-state index in [1.807, 2.05) is 30.5 Å². The average molecular weight is 246 g/mol. The highest BCUT2D eigenvalue weighted by Crippen LogP contribution is 2.18. The van der Waals surface area contributed by atoms with Gasteiger partial charge in [-0.1, -0.05) is 12.1 Å². The van der Waals surface area contributed by atoms with E-state index in [9.17, 15) is 9.90 Å². The summed E-state index contributed by atoms with van der Waals surface area (Å²) >= 11 is 0. The Morgan fingerprint density at radius 2 is 2.22 bits per heavy atom. The van der Waals surface area contributed by atoms with Gasteiger partial charge < -0.3 is 15.0 Å². The Kier molecular flexibility index (Phi) is 3.67. The fourth-order valence-electron chi connectivity index (χ4n) is 1.95. The molecule has 1 heterocycles. The van der Waals surface area contributed by atoms with Crippen molar-refractivity contribution in [3.63, 3.8) is 0 Å². The lowest BCUT2D eigenvalue weighted by Gasteiger charge is -2.18. The number of aromatic amines is 1. The quantitative estimate of drug-likeness (QED) is 0.867. The molecule has 2 rings (SSSR count). The molecule has 96 valence electrons. The van der Waals surface area contributed by atoms with E-state index in [0.717, 1.165) is 10.9 Å². The Morgan fingerprint density at radius 3 is 2.94 bits per heavy atom. The van der Waals surface area contributed by atoms with Crippen LogP contribution in [0.1, 0.15) is 23.7 Å². The molecule has 1 atom stereocenters. The predicted molar refractivity (Wildman–Crippen MR) is 71.6 cm³/mol. The van der Waals surface area contributed by atoms with Crippen LogP contribution in [0.5, 0.6) is 0 Å². The summed E-state index contributed by atoms with van der Waals surface area (Å²) in [6.07, 6.45) is 2.03. The SMILES string of the molecule is CC(O)CCN(C)C(=O)c1cccc2cc[nH]c12. The molecule has 4 heteroatoms. The van der Waals surface area contributed by atoms with Gasteiger partial charge in [-0.3, -0.25) is 4.79 Å². The minimum absolute atomic E-state index is 0.0244. The molecule has 0 aliphatic carbocycles. The van der Waals surface area contributed by atoms with Crippen LogP contribution < -0.4 is 0 Å². The maximum Gasteiger partial charge on any atom is 0.255 e. The maximum absolute atomic E-state index is 12.3. The summed E-state index contributed by atoms with van der Waals surface area (Å²) in [7, 11) is 1.76. The van der Waals surface area contributed by atoms with Gasteiger partial charge in [0, 0.05) is 25.2 Å². The standard InChI is InChI=1S/C14H18N2O2/c1-10(17)7-9-16(2)14(18)12-5-3-4-11-6-8-15-13(11)12/h3-6,8,10,15,17H,7,9H2,1-2H3. The van der Waals surface area contributed by atoms with Crippen molar-refractivity contribution in [3.8, 4) is 0 Å². The van der Waals surface area contributed by atoms with E-state index in [0.29, 0.717) is 18.5 Å². The lowest BCUT2D eigenvalue weighted by molar-refractivity contribution is 0.0770. The Bertz CT molecular complexity index is 545. The van der Waals surface area contributed by atoms with Gasteiger partial charge in [-0.05, 0) is 25.5 Å². The summed E-state index contributed by atoms with van der Waals surface area (Å²) in [6, 6.07) is 7.62. The summed E-state index contributed by atoms with van der Waals surface area (Å²) in [5, 5.41) is 10.3. The van der Waals surface area contributed by atoms with Gasteiger partial charge in [-0.15, -0.1) is 0 Å². The van der Waals surface area contributed by atoms with Crippen molar-refractivity contribution < 1.29 is 9.90 Å². The number of carbonyl (C=O) groups excluding carboxylic acids is 1. The molecule has 0 fully saturated rings. The number of aliphatic hydroxyl groups is 1. The van der Waals surface area contributed by atoms with Crippen molar-refractivity contribution in [3.05, 3.63) is 36.0 Å². The number of nitrogens with zero attached hydrogens (tertiary/aromatic N) is 1. The van der Waals surface area contributed by atoms with Crippen LogP contribution in [-0.2, 0) is 0 Å². The maximum atomic E-state index is 12.3. The Labute approximate surface area is 106 Å². The highest BCUT2D eigenvalue weighted by molar-refractivity contribution is 6.05. The van der Waals surface area contributed by atoms with Crippen LogP contribution >= 0.6 is 0 Å². The fourth-order valence-corrected chi connectivity index (χ4v) is 1.95. The largest absolute Gasteiger partial charge is 0.393 e. The highest BCUT2D eigenvalue weighted by Gasteiger charge is 2.15. The van der Waals surface area contributed by atoms with Gasteiger partial charge in [0.1, 0.15) is 0 Å². The number of rotatable bonds is 4. The van der Waals surface area contributed by atoms with Crippen molar-refractivity contribution in [1.82, 2.24) is 9.88 Å². The lowest BCUT2D eigenvalue weighted by Crippen LogP contribution is -2.29. The molecule has 4 nitrogen and oxygen atoms in total. The number of amides is 1. The van der Waals surface area contributed by atoms with Gasteiger partial charge in [-0.2, -0.15) is 0 Å². The molecule has 0 bridgehead atoms. The first-order chi connectivity index (χ1) is 8.59. The molecule has 0 spiro atoms. The summed E-state index contributed by atoms with van der Waals surface area (Å²) in [5.74, 6) is -0.0244. The normalized spacial score (nSPS) is 12.6. The third-order valence-electron chi connectivity index (χ3n) is 3.05. The first-order valence-electron chi connectivity index (χ1n) is 6.09. The topological polar surface area (TPSA) is 56.3 Å². The van der Waals surface area contributed by atoms with Crippen LogP contribution in [0.2, 0.25) is 0 Å². The van der Waals surface area contributed by atoms with Crippen LogP contribution in [0, 0.1) is 0 Å². The van der Waals surface area contributed by atoms with Gasteiger partial charge in [-0.25, -0.2) is 0 Å². The molecule has 18 heavy (non-hydrogen) atoms. The molecule has 1 aromatic carbocycles. The van der Waals surface area contributed by atoms with E-state index in [-0.39, 0.29) is 12.0 Å². The van der Waals surface area contributed by atoms with Crippen LogP contribution in [0.4, 0.5) is 0 Å². The van der Waals surface area contributed by atoms with E-state index in [1.165, 1.54) is 0 Å². The van der Waals surface area contributed by atoms with Crippen molar-refractivity contribution in [2.24, 2.45) is 0 Å². The molecular formula is C14H18N2O2. The molecule has 1 amide bonds. The van der Waals surface area contributed by atoms with E-state index in [2.05, 4.69) is 4.98 Å². The Hall–Kier alpha value is -1.81. The minimum atomic E-state index is -0.387. The molecule has 1 aromatic heterocycles. The fraction of sp³-hybridized carbons (Fsp3) is 0.357. The van der Waals surface area contributed by atoms with Crippen LogP contribution in [0.15, 0.2) is 30.5 Å². The van der Waals surface area contributed by atoms with Crippen molar-refractivity contribution in [2.75, 3.05) is 13.6 Å². The van der Waals surface area contributed by atoms with Gasteiger partial charge >= 0.3 is 0 Å². The molecule has 1 unspecified atom stereocenters. The number of benzene rings is 1. The number of hydrogen-bond acceptors (Lipinski definition) is 2. The number of para-hydroxylation sites is 1. The van der Waals surface area contributed by atoms with Crippen LogP contribution in [0.3, 0.4) is 0 Å². The molecule has 0 radical (unpaired) electrons. The number of H-pyrrole nitrogens is 1. The highest BCUT2D eigenvalue weighted by atomic mass is 16.3. The Morgan fingerprint density at radius 1 is 1.44 bits per heavy atom. The summed E-state index contributed by atoms with van der Waals surface area (Å²) in [4.78, 5) is 17.0. The molecule has 0 saturated heterocycles. The monoisotopic (exact) mass is 246 g/mol. The number of carbonyl (C=O) groups is 1. The first-order valence-corrected chi connectivity index (χ1v) is 6.09. The summed E-state index contributed by atoms with van der Waals surface area (Å²) in [6.45, 7) is 2.28. The van der Waals surface area contributed by atoms with E-state index < -0.39 is 0 Å². The van der Waals surface area contributed by atoms with Gasteiger partial charge in [0.05, 0.1) is 17.2 Å². The minimum Gasteiger partial charge on any atom is -0.393 e. The Balaban J connectivity index is 2.20. The summed E-state index contributed by atoms with van der Waals surface area (Å²) < 4.78 is 0. The van der Waals surface area contributed by atoms with Gasteiger partial charge in [0.25, 0.3) is 5.91 Å². The van der Waals surface area contributed by atoms with Crippen molar-refractivity contribution >= 4 is 16.8 Å². The second-order valence-electron chi connectivity index (χ2n) is 4.61. The van der Waals surface area contributed by atoms with E-state index >= 15 is 0 Å². The number of nitrogens with one attached hydrogen (secondary N) is 1. The zero-order chi connectivity index (χ0) is 13.1. The van der Waals surface area contributed by atoms with E-state index in [4.69, 9.17) is 0 Å². The second kappa shape index (κ2) is 5.23. The third kappa shape index (κ3) is 2.54. The van der Waals surface area contributed by atoms with E-state index in [1.54, 1.807) is 18.9 Å². The van der Waals surface area contributed by atoms with Crippen LogP contribution in [0.25, 0.3) is 10.9 Å². The number of aliphatic hydroxyl groups excluding tert-OH is 1. The molecule has 2 N–H and O–H groups in total. The van der Waals surface area contributed by atoms with Crippen molar-refractivity contribution in [2.45, 2.75) is 19.4 Å². The van der Waals surface area contributed by atoms with Crippen molar-refractivity contribution in [1.29, 1.82) is 0 Å². The molecule has 0 saturated carbocycles.